The van der Waals surface area contributed by atoms with Gasteiger partial charge in [0.1, 0.15) is 0 Å². The van der Waals surface area contributed by atoms with Crippen molar-refractivity contribution in [2.45, 2.75) is 55.8 Å². The first-order valence-electron chi connectivity index (χ1n) is 7.17. The number of fused-ring (bicyclic) bond motifs is 1. The van der Waals surface area contributed by atoms with Crippen LogP contribution in [-0.2, 0) is 6.42 Å². The van der Waals surface area contributed by atoms with E-state index in [1.54, 1.807) is 0 Å². The molecule has 1 aliphatic rings. The van der Waals surface area contributed by atoms with Gasteiger partial charge in [-0.15, -0.1) is 11.8 Å². The van der Waals surface area contributed by atoms with Crippen LogP contribution < -0.4 is 10.6 Å². The summed E-state index contributed by atoms with van der Waals surface area (Å²) in [5.41, 5.74) is 1.72. The summed E-state index contributed by atoms with van der Waals surface area (Å²) in [5, 5.41) is 7.88. The summed E-state index contributed by atoms with van der Waals surface area (Å²) in [6.45, 7) is 11.0. The molecule has 2 unspecified atom stereocenters. The molecular formula is C16H26N2S. The molecule has 1 heterocycles. The second kappa shape index (κ2) is 6.29. The molecule has 0 amide bonds. The molecule has 106 valence electrons. The molecule has 0 saturated heterocycles. The fourth-order valence-corrected chi connectivity index (χ4v) is 3.49. The Morgan fingerprint density at radius 1 is 1.32 bits per heavy atom. The molecule has 1 aliphatic heterocycles. The van der Waals surface area contributed by atoms with Crippen molar-refractivity contribution in [2.24, 2.45) is 0 Å². The van der Waals surface area contributed by atoms with Gasteiger partial charge in [-0.05, 0) is 45.7 Å². The van der Waals surface area contributed by atoms with Crippen LogP contribution in [0.5, 0.6) is 0 Å². The van der Waals surface area contributed by atoms with Gasteiger partial charge in [-0.25, -0.2) is 0 Å². The fourth-order valence-electron chi connectivity index (χ4n) is 2.23. The minimum Gasteiger partial charge on any atom is -0.312 e. The molecule has 2 rings (SSSR count). The maximum atomic E-state index is 3.65. The molecule has 2 nitrogen and oxygen atoms in total. The molecule has 0 spiro atoms. The van der Waals surface area contributed by atoms with Crippen molar-refractivity contribution in [2.75, 3.05) is 13.1 Å². The molecule has 2 atom stereocenters. The van der Waals surface area contributed by atoms with E-state index in [0.717, 1.165) is 13.1 Å². The van der Waals surface area contributed by atoms with Gasteiger partial charge in [0.15, 0.2) is 0 Å². The SMILES string of the molecule is CC(CNC(C)(C)C)NCC1Cc2ccccc2S1. The maximum absolute atomic E-state index is 3.65. The van der Waals surface area contributed by atoms with E-state index in [4.69, 9.17) is 0 Å². The molecule has 0 fully saturated rings. The summed E-state index contributed by atoms with van der Waals surface area (Å²) in [7, 11) is 0. The quantitative estimate of drug-likeness (QED) is 0.865. The summed E-state index contributed by atoms with van der Waals surface area (Å²) in [5.74, 6) is 0. The third kappa shape index (κ3) is 4.83. The van der Waals surface area contributed by atoms with E-state index in [-0.39, 0.29) is 5.54 Å². The summed E-state index contributed by atoms with van der Waals surface area (Å²) >= 11 is 2.02. The molecule has 0 aromatic heterocycles. The minimum absolute atomic E-state index is 0.203. The predicted molar refractivity (Wildman–Crippen MR) is 85.0 cm³/mol. The third-order valence-corrected chi connectivity index (χ3v) is 4.67. The summed E-state index contributed by atoms with van der Waals surface area (Å²) in [6, 6.07) is 9.30. The predicted octanol–water partition coefficient (Wildman–Crippen LogP) is 3.07. The van der Waals surface area contributed by atoms with Crippen LogP contribution in [0.3, 0.4) is 0 Å². The lowest BCUT2D eigenvalue weighted by atomic mass is 10.1. The van der Waals surface area contributed by atoms with Crippen molar-refractivity contribution in [3.63, 3.8) is 0 Å². The number of hydrogen-bond acceptors (Lipinski definition) is 3. The molecular weight excluding hydrogens is 252 g/mol. The zero-order valence-electron chi connectivity index (χ0n) is 12.5. The number of hydrogen-bond donors (Lipinski definition) is 2. The highest BCUT2D eigenvalue weighted by Crippen LogP contribution is 2.36. The zero-order valence-corrected chi connectivity index (χ0v) is 13.3. The van der Waals surface area contributed by atoms with E-state index in [2.05, 4.69) is 62.6 Å². The largest absolute Gasteiger partial charge is 0.312 e. The van der Waals surface area contributed by atoms with Crippen LogP contribution in [0.15, 0.2) is 29.2 Å². The van der Waals surface area contributed by atoms with Crippen LogP contribution in [-0.4, -0.2) is 29.9 Å². The standard InChI is InChI=1S/C16H26N2S/c1-12(10-18-16(2,3)4)17-11-14-9-13-7-5-6-8-15(13)19-14/h5-8,12,14,17-18H,9-11H2,1-4H3. The van der Waals surface area contributed by atoms with E-state index >= 15 is 0 Å². The van der Waals surface area contributed by atoms with E-state index in [0.29, 0.717) is 11.3 Å². The third-order valence-electron chi connectivity index (χ3n) is 3.35. The lowest BCUT2D eigenvalue weighted by molar-refractivity contribution is 0.388. The van der Waals surface area contributed by atoms with Gasteiger partial charge in [0, 0.05) is 34.8 Å². The Balaban J connectivity index is 1.70. The van der Waals surface area contributed by atoms with Crippen molar-refractivity contribution < 1.29 is 0 Å². The second-order valence-corrected chi connectivity index (χ2v) is 7.83. The fraction of sp³-hybridized carbons (Fsp3) is 0.625. The summed E-state index contributed by atoms with van der Waals surface area (Å²) in [4.78, 5) is 1.47. The van der Waals surface area contributed by atoms with Gasteiger partial charge >= 0.3 is 0 Å². The highest BCUT2D eigenvalue weighted by Gasteiger charge is 2.22. The van der Waals surface area contributed by atoms with Crippen molar-refractivity contribution in [1.82, 2.24) is 10.6 Å². The average Bonchev–Trinajstić information content (AvgIpc) is 2.75. The Morgan fingerprint density at radius 3 is 2.74 bits per heavy atom. The van der Waals surface area contributed by atoms with Gasteiger partial charge in [-0.1, -0.05) is 18.2 Å². The van der Waals surface area contributed by atoms with Crippen molar-refractivity contribution >= 4 is 11.8 Å². The van der Waals surface area contributed by atoms with Crippen LogP contribution in [0.4, 0.5) is 0 Å². The second-order valence-electron chi connectivity index (χ2n) is 6.49. The van der Waals surface area contributed by atoms with E-state index in [1.807, 2.05) is 11.8 Å². The average molecular weight is 278 g/mol. The molecule has 19 heavy (non-hydrogen) atoms. The molecule has 0 aliphatic carbocycles. The van der Waals surface area contributed by atoms with Gasteiger partial charge in [0.25, 0.3) is 0 Å². The molecule has 0 radical (unpaired) electrons. The van der Waals surface area contributed by atoms with E-state index in [9.17, 15) is 0 Å². The number of nitrogens with one attached hydrogen (secondary N) is 2. The normalized spacial score (nSPS) is 20.3. The zero-order chi connectivity index (χ0) is 13.9. The van der Waals surface area contributed by atoms with Crippen molar-refractivity contribution in [1.29, 1.82) is 0 Å². The molecule has 1 aromatic carbocycles. The smallest absolute Gasteiger partial charge is 0.0260 e. The van der Waals surface area contributed by atoms with E-state index in [1.165, 1.54) is 16.9 Å². The van der Waals surface area contributed by atoms with E-state index < -0.39 is 0 Å². The van der Waals surface area contributed by atoms with Gasteiger partial charge in [-0.2, -0.15) is 0 Å². The van der Waals surface area contributed by atoms with Crippen LogP contribution in [0.25, 0.3) is 0 Å². The number of benzene rings is 1. The Morgan fingerprint density at radius 2 is 2.05 bits per heavy atom. The molecule has 0 saturated carbocycles. The van der Waals surface area contributed by atoms with Gasteiger partial charge < -0.3 is 10.6 Å². The van der Waals surface area contributed by atoms with Crippen molar-refractivity contribution in [3.8, 4) is 0 Å². The summed E-state index contributed by atoms with van der Waals surface area (Å²) in [6.07, 6.45) is 1.20. The minimum atomic E-state index is 0.203. The Bertz CT molecular complexity index is 386. The maximum Gasteiger partial charge on any atom is 0.0260 e. The topological polar surface area (TPSA) is 24.1 Å². The van der Waals surface area contributed by atoms with Crippen LogP contribution in [0, 0.1) is 0 Å². The molecule has 0 bridgehead atoms. The van der Waals surface area contributed by atoms with Gasteiger partial charge in [0.05, 0.1) is 0 Å². The Labute approximate surface area is 121 Å². The Hall–Kier alpha value is -0.510. The van der Waals surface area contributed by atoms with Gasteiger partial charge in [0.2, 0.25) is 0 Å². The monoisotopic (exact) mass is 278 g/mol. The van der Waals surface area contributed by atoms with Crippen LogP contribution in [0.1, 0.15) is 33.3 Å². The number of thioether (sulfide) groups is 1. The molecule has 1 aromatic rings. The number of rotatable bonds is 5. The van der Waals surface area contributed by atoms with Crippen molar-refractivity contribution in [3.05, 3.63) is 29.8 Å². The Kier molecular flexibility index (Phi) is 4.93. The lowest BCUT2D eigenvalue weighted by Gasteiger charge is -2.24. The lowest BCUT2D eigenvalue weighted by Crippen LogP contribution is -2.45. The summed E-state index contributed by atoms with van der Waals surface area (Å²) < 4.78 is 0. The highest BCUT2D eigenvalue weighted by molar-refractivity contribution is 8.00. The molecule has 3 heteroatoms. The van der Waals surface area contributed by atoms with Crippen LogP contribution >= 0.6 is 11.8 Å². The first kappa shape index (κ1) is 14.9. The first-order valence-corrected chi connectivity index (χ1v) is 8.05. The van der Waals surface area contributed by atoms with Gasteiger partial charge in [-0.3, -0.25) is 0 Å². The highest BCUT2D eigenvalue weighted by atomic mass is 32.2. The van der Waals surface area contributed by atoms with Crippen LogP contribution in [0.2, 0.25) is 0 Å². The molecule has 2 N–H and O–H groups in total. The first-order chi connectivity index (χ1) is 8.94.